The molecule has 0 amide bonds. The molecule has 2 atom stereocenters. The SMILES string of the molecule is CC1CNCC(CN[S-])C1(F)F. The van der Waals surface area contributed by atoms with Gasteiger partial charge in [-0.25, -0.2) is 8.78 Å². The van der Waals surface area contributed by atoms with Crippen molar-refractivity contribution in [2.75, 3.05) is 19.6 Å². The van der Waals surface area contributed by atoms with Crippen LogP contribution in [0.2, 0.25) is 0 Å². The molecule has 0 aromatic carbocycles. The summed E-state index contributed by atoms with van der Waals surface area (Å²) in [5.41, 5.74) is 0. The first kappa shape index (κ1) is 10.2. The Bertz CT molecular complexity index is 152. The second-order valence-electron chi connectivity index (χ2n) is 3.28. The molecule has 2 nitrogen and oxygen atoms in total. The van der Waals surface area contributed by atoms with Crippen molar-refractivity contribution in [3.8, 4) is 0 Å². The van der Waals surface area contributed by atoms with Gasteiger partial charge in [-0.1, -0.05) is 6.92 Å². The number of rotatable bonds is 2. The van der Waals surface area contributed by atoms with E-state index in [4.69, 9.17) is 0 Å². The van der Waals surface area contributed by atoms with E-state index in [-0.39, 0.29) is 6.54 Å². The van der Waals surface area contributed by atoms with Crippen LogP contribution in [-0.4, -0.2) is 25.6 Å². The molecule has 0 radical (unpaired) electrons. The molecule has 12 heavy (non-hydrogen) atoms. The zero-order valence-corrected chi connectivity index (χ0v) is 7.76. The van der Waals surface area contributed by atoms with E-state index in [0.717, 1.165) is 0 Å². The Morgan fingerprint density at radius 1 is 1.58 bits per heavy atom. The minimum atomic E-state index is -2.59. The van der Waals surface area contributed by atoms with Crippen molar-refractivity contribution in [1.82, 2.24) is 10.0 Å². The molecule has 1 fully saturated rings. The maximum absolute atomic E-state index is 13.3. The smallest absolute Gasteiger partial charge is 0.256 e. The van der Waals surface area contributed by atoms with Crippen molar-refractivity contribution in [2.24, 2.45) is 11.8 Å². The van der Waals surface area contributed by atoms with E-state index in [1.165, 1.54) is 0 Å². The van der Waals surface area contributed by atoms with Crippen molar-refractivity contribution >= 4 is 12.8 Å². The Balaban J connectivity index is 2.59. The zero-order chi connectivity index (χ0) is 9.19. The first-order chi connectivity index (χ1) is 5.59. The molecular weight excluding hydrogens is 182 g/mol. The Morgan fingerprint density at radius 2 is 2.25 bits per heavy atom. The molecular formula is C7H13F2N2S-. The van der Waals surface area contributed by atoms with Crippen molar-refractivity contribution in [2.45, 2.75) is 12.8 Å². The van der Waals surface area contributed by atoms with E-state index < -0.39 is 17.8 Å². The second kappa shape index (κ2) is 3.89. The lowest BCUT2D eigenvalue weighted by atomic mass is 9.87. The van der Waals surface area contributed by atoms with Gasteiger partial charge in [0.05, 0.1) is 0 Å². The van der Waals surface area contributed by atoms with Gasteiger partial charge in [-0.2, -0.15) is 0 Å². The van der Waals surface area contributed by atoms with Crippen LogP contribution in [0.15, 0.2) is 0 Å². The van der Waals surface area contributed by atoms with Crippen LogP contribution in [-0.2, 0) is 12.8 Å². The average Bonchev–Trinajstić information content (AvgIpc) is 2.00. The maximum Gasteiger partial charge on any atom is 0.256 e. The Kier molecular flexibility index (Phi) is 3.31. The first-order valence-corrected chi connectivity index (χ1v) is 4.43. The first-order valence-electron chi connectivity index (χ1n) is 4.02. The molecule has 0 spiro atoms. The molecule has 1 rings (SSSR count). The van der Waals surface area contributed by atoms with Crippen LogP contribution >= 0.6 is 0 Å². The molecule has 0 saturated carbocycles. The van der Waals surface area contributed by atoms with Crippen molar-refractivity contribution in [3.05, 3.63) is 0 Å². The van der Waals surface area contributed by atoms with Crippen LogP contribution < -0.4 is 10.0 Å². The molecule has 1 aliphatic heterocycles. The van der Waals surface area contributed by atoms with E-state index in [1.54, 1.807) is 6.92 Å². The van der Waals surface area contributed by atoms with Gasteiger partial charge in [0, 0.05) is 24.9 Å². The van der Waals surface area contributed by atoms with Crippen LogP contribution in [0.4, 0.5) is 8.78 Å². The highest BCUT2D eigenvalue weighted by Gasteiger charge is 2.46. The lowest BCUT2D eigenvalue weighted by Crippen LogP contribution is -2.53. The zero-order valence-electron chi connectivity index (χ0n) is 6.94. The highest BCUT2D eigenvalue weighted by molar-refractivity contribution is 7.56. The number of piperidine rings is 1. The summed E-state index contributed by atoms with van der Waals surface area (Å²) in [6.45, 7) is 2.49. The highest BCUT2D eigenvalue weighted by atomic mass is 32.1. The van der Waals surface area contributed by atoms with E-state index in [2.05, 4.69) is 22.9 Å². The van der Waals surface area contributed by atoms with Crippen LogP contribution in [0, 0.1) is 11.8 Å². The van der Waals surface area contributed by atoms with Gasteiger partial charge in [0.2, 0.25) is 0 Å². The Hall–Kier alpha value is 0.130. The van der Waals surface area contributed by atoms with Crippen LogP contribution in [0.3, 0.4) is 0 Å². The van der Waals surface area contributed by atoms with Crippen molar-refractivity contribution in [3.63, 3.8) is 0 Å². The van der Waals surface area contributed by atoms with E-state index in [1.807, 2.05) is 0 Å². The number of nitrogens with one attached hydrogen (secondary N) is 2. The van der Waals surface area contributed by atoms with E-state index >= 15 is 0 Å². The van der Waals surface area contributed by atoms with Gasteiger partial charge >= 0.3 is 0 Å². The van der Waals surface area contributed by atoms with Crippen molar-refractivity contribution < 1.29 is 8.78 Å². The van der Waals surface area contributed by atoms with Crippen molar-refractivity contribution in [1.29, 1.82) is 0 Å². The lowest BCUT2D eigenvalue weighted by Gasteiger charge is -2.37. The molecule has 0 aromatic heterocycles. The molecule has 0 bridgehead atoms. The Morgan fingerprint density at radius 3 is 2.83 bits per heavy atom. The Labute approximate surface area is 76.6 Å². The molecule has 0 aliphatic carbocycles. The molecule has 2 unspecified atom stereocenters. The minimum absolute atomic E-state index is 0.194. The summed E-state index contributed by atoms with van der Waals surface area (Å²) >= 11 is 4.46. The maximum atomic E-state index is 13.3. The predicted molar refractivity (Wildman–Crippen MR) is 45.8 cm³/mol. The fraction of sp³-hybridized carbons (Fsp3) is 1.00. The van der Waals surface area contributed by atoms with Gasteiger partial charge < -0.3 is 22.9 Å². The van der Waals surface area contributed by atoms with Crippen LogP contribution in [0.1, 0.15) is 6.92 Å². The molecule has 72 valence electrons. The summed E-state index contributed by atoms with van der Waals surface area (Å²) in [4.78, 5) is 0. The number of hydrogen-bond acceptors (Lipinski definition) is 3. The van der Waals surface area contributed by atoms with Gasteiger partial charge in [0.15, 0.2) is 0 Å². The van der Waals surface area contributed by atoms with E-state index in [9.17, 15) is 8.78 Å². The summed E-state index contributed by atoms with van der Waals surface area (Å²) in [5.74, 6) is -3.85. The van der Waals surface area contributed by atoms with E-state index in [0.29, 0.717) is 13.1 Å². The summed E-state index contributed by atoms with van der Waals surface area (Å²) < 4.78 is 29.0. The summed E-state index contributed by atoms with van der Waals surface area (Å²) in [6.07, 6.45) is 0. The summed E-state index contributed by atoms with van der Waals surface area (Å²) in [6, 6.07) is 0. The lowest BCUT2D eigenvalue weighted by molar-refractivity contribution is -0.114. The third-order valence-corrected chi connectivity index (χ3v) is 2.54. The molecule has 1 aliphatic rings. The monoisotopic (exact) mass is 195 g/mol. The normalized spacial score (nSPS) is 35.0. The molecule has 1 saturated heterocycles. The predicted octanol–water partition coefficient (Wildman–Crippen LogP) is 0.529. The third-order valence-electron chi connectivity index (χ3n) is 2.37. The van der Waals surface area contributed by atoms with Gasteiger partial charge in [0.1, 0.15) is 0 Å². The number of alkyl halides is 2. The van der Waals surface area contributed by atoms with Gasteiger partial charge in [-0.15, -0.1) is 0 Å². The van der Waals surface area contributed by atoms with Crippen LogP contribution in [0.5, 0.6) is 0 Å². The van der Waals surface area contributed by atoms with Crippen LogP contribution in [0.25, 0.3) is 0 Å². The van der Waals surface area contributed by atoms with Gasteiger partial charge in [0.25, 0.3) is 5.92 Å². The molecule has 1 heterocycles. The fourth-order valence-electron chi connectivity index (χ4n) is 1.46. The molecule has 2 N–H and O–H groups in total. The van der Waals surface area contributed by atoms with Gasteiger partial charge in [-0.3, -0.25) is 0 Å². The minimum Gasteiger partial charge on any atom is -0.705 e. The third kappa shape index (κ3) is 1.89. The van der Waals surface area contributed by atoms with Gasteiger partial charge in [-0.05, 0) is 6.54 Å². The number of halogens is 2. The molecule has 5 heteroatoms. The fourth-order valence-corrected chi connectivity index (χ4v) is 1.66. The topological polar surface area (TPSA) is 24.1 Å². The summed E-state index contributed by atoms with van der Waals surface area (Å²) in [5, 5.41) is 2.96. The molecule has 0 aromatic rings. The number of hydrogen-bond donors (Lipinski definition) is 2. The average molecular weight is 195 g/mol. The quantitative estimate of drug-likeness (QED) is 0.628. The highest BCUT2D eigenvalue weighted by Crippen LogP contribution is 2.34. The summed E-state index contributed by atoms with van der Waals surface area (Å²) in [7, 11) is 0. The second-order valence-corrected chi connectivity index (χ2v) is 3.57. The largest absolute Gasteiger partial charge is 0.705 e. The standard InChI is InChI=1S/C7H13F2N2S/c1-5-2-10-3-6(4-11-12)7(5,8)9/h5-6,10-11H,2-4H2,1H3/q-1.